The largest absolute Gasteiger partial charge is 0.463 e. The van der Waals surface area contributed by atoms with Crippen LogP contribution in [0.4, 0.5) is 14.6 Å². The SMILES string of the molecule is C#Cc1c(F)ccc2cc(=O)[nH]c(-c3ncc4c(N5CCOCC(NC(=O)C=C)C5)nc(OCC5(CN6CCOCC6)CC5)nc4c3F)c12. The first-order chi connectivity index (χ1) is 23.8. The molecule has 5 heterocycles. The standard InChI is InChI=1S/C35H35F2N7O5/c1-3-23-25(36)6-5-21-15-27(46)40-31(28(21)23)32-29(37)30-24(16-38-32)33(44-11-14-48-18-22(17-44)39-26(45)4-2)42-34(41-30)49-20-35(7-8-35)19-43-9-12-47-13-10-43/h1,4-6,15-16,22H,2,7-14,17-20H2,(H,39,45)(H,40,46). The molecule has 3 aromatic heterocycles. The smallest absolute Gasteiger partial charge is 0.319 e. The lowest BCUT2D eigenvalue weighted by Gasteiger charge is -2.30. The molecule has 0 spiro atoms. The first-order valence-electron chi connectivity index (χ1n) is 16.1. The van der Waals surface area contributed by atoms with Gasteiger partial charge in [0.1, 0.15) is 22.8 Å². The van der Waals surface area contributed by atoms with Crippen molar-refractivity contribution >= 4 is 33.4 Å². The molecule has 0 radical (unpaired) electrons. The number of carbonyl (C=O) groups excluding carboxylic acids is 1. The molecule has 1 saturated carbocycles. The Morgan fingerprint density at radius 1 is 1.20 bits per heavy atom. The third-order valence-corrected chi connectivity index (χ3v) is 9.22. The van der Waals surface area contributed by atoms with Gasteiger partial charge in [0, 0.05) is 55.8 Å². The zero-order valence-electron chi connectivity index (χ0n) is 26.8. The Balaban J connectivity index is 1.32. The van der Waals surface area contributed by atoms with Gasteiger partial charge in [0.25, 0.3) is 0 Å². The molecule has 2 N–H and O–H groups in total. The van der Waals surface area contributed by atoms with Crippen LogP contribution >= 0.6 is 0 Å². The van der Waals surface area contributed by atoms with Gasteiger partial charge in [-0.25, -0.2) is 8.78 Å². The fraction of sp³-hybridized carbons (Fsp3) is 0.400. The number of ether oxygens (including phenoxy) is 3. The van der Waals surface area contributed by atoms with E-state index in [-0.39, 0.29) is 63.7 Å². The Labute approximate surface area is 280 Å². The van der Waals surface area contributed by atoms with E-state index in [1.165, 1.54) is 24.4 Å². The van der Waals surface area contributed by atoms with Crippen molar-refractivity contribution in [2.75, 3.05) is 70.7 Å². The molecule has 2 saturated heterocycles. The van der Waals surface area contributed by atoms with Crippen LogP contribution in [-0.4, -0.2) is 103 Å². The Kier molecular flexibility index (Phi) is 8.98. The summed E-state index contributed by atoms with van der Waals surface area (Å²) in [4.78, 5) is 45.4. The van der Waals surface area contributed by atoms with E-state index < -0.39 is 23.2 Å². The number of hydrogen-bond donors (Lipinski definition) is 2. The van der Waals surface area contributed by atoms with Crippen molar-refractivity contribution < 1.29 is 27.8 Å². The summed E-state index contributed by atoms with van der Waals surface area (Å²) in [5.41, 5.74) is -1.21. The molecule has 1 atom stereocenters. The quantitative estimate of drug-likeness (QED) is 0.202. The predicted octanol–water partition coefficient (Wildman–Crippen LogP) is 2.79. The minimum absolute atomic E-state index is 0.0367. The molecule has 0 bridgehead atoms. The van der Waals surface area contributed by atoms with E-state index in [1.807, 2.05) is 4.90 Å². The third-order valence-electron chi connectivity index (χ3n) is 9.22. The lowest BCUT2D eigenvalue weighted by Crippen LogP contribution is -2.44. The van der Waals surface area contributed by atoms with Gasteiger partial charge in [0.15, 0.2) is 5.82 Å². The summed E-state index contributed by atoms with van der Waals surface area (Å²) in [6.07, 6.45) is 10.2. The summed E-state index contributed by atoms with van der Waals surface area (Å²) >= 11 is 0. The molecule has 3 fully saturated rings. The third kappa shape index (κ3) is 6.69. The van der Waals surface area contributed by atoms with Crippen LogP contribution in [0.25, 0.3) is 33.1 Å². The summed E-state index contributed by atoms with van der Waals surface area (Å²) in [5, 5.41) is 3.60. The van der Waals surface area contributed by atoms with Crippen LogP contribution in [0, 0.1) is 29.4 Å². The van der Waals surface area contributed by atoms with Gasteiger partial charge in [0.05, 0.1) is 55.7 Å². The van der Waals surface area contributed by atoms with Crippen LogP contribution in [-0.2, 0) is 14.3 Å². The number of anilines is 1. The van der Waals surface area contributed by atoms with Gasteiger partial charge in [-0.1, -0.05) is 18.6 Å². The Bertz CT molecular complexity index is 2040. The van der Waals surface area contributed by atoms with Crippen LogP contribution < -0.4 is 20.5 Å². The molecule has 1 aromatic carbocycles. The van der Waals surface area contributed by atoms with Crippen molar-refractivity contribution in [2.45, 2.75) is 18.9 Å². The van der Waals surface area contributed by atoms with Crippen molar-refractivity contribution in [1.82, 2.24) is 30.2 Å². The normalized spacial score (nSPS) is 19.3. The lowest BCUT2D eigenvalue weighted by atomic mass is 10.0. The summed E-state index contributed by atoms with van der Waals surface area (Å²) in [7, 11) is 0. The molecule has 49 heavy (non-hydrogen) atoms. The molecule has 7 rings (SSSR count). The molecule has 1 aliphatic carbocycles. The lowest BCUT2D eigenvalue weighted by molar-refractivity contribution is -0.117. The Morgan fingerprint density at radius 3 is 2.76 bits per heavy atom. The number of terminal acetylenes is 1. The fourth-order valence-electron chi connectivity index (χ4n) is 6.49. The number of aromatic nitrogens is 4. The van der Waals surface area contributed by atoms with Gasteiger partial charge in [0.2, 0.25) is 11.5 Å². The predicted molar refractivity (Wildman–Crippen MR) is 178 cm³/mol. The van der Waals surface area contributed by atoms with E-state index in [1.54, 1.807) is 0 Å². The number of carbonyl (C=O) groups is 1. The van der Waals surface area contributed by atoms with Crippen LogP contribution in [0.15, 0.2) is 41.8 Å². The molecule has 1 amide bonds. The van der Waals surface area contributed by atoms with E-state index in [0.717, 1.165) is 38.5 Å². The van der Waals surface area contributed by atoms with Gasteiger partial charge in [-0.3, -0.25) is 19.5 Å². The number of aromatic amines is 1. The van der Waals surface area contributed by atoms with E-state index in [9.17, 15) is 14.0 Å². The second-order valence-corrected chi connectivity index (χ2v) is 12.7. The monoisotopic (exact) mass is 671 g/mol. The van der Waals surface area contributed by atoms with E-state index >= 15 is 4.39 Å². The Hall–Kier alpha value is -4.97. The summed E-state index contributed by atoms with van der Waals surface area (Å²) in [5.74, 6) is 0.727. The maximum absolute atomic E-state index is 16.8. The topological polar surface area (TPSA) is 135 Å². The molecule has 2 aliphatic heterocycles. The van der Waals surface area contributed by atoms with Crippen molar-refractivity contribution in [3.63, 3.8) is 0 Å². The number of rotatable bonds is 9. The van der Waals surface area contributed by atoms with Crippen molar-refractivity contribution in [1.29, 1.82) is 0 Å². The van der Waals surface area contributed by atoms with E-state index in [4.69, 9.17) is 25.6 Å². The summed E-state index contributed by atoms with van der Waals surface area (Å²) in [6.45, 7) is 9.01. The number of nitrogens with zero attached hydrogens (tertiary/aromatic N) is 5. The number of halogens is 2. The number of morpholine rings is 1. The summed E-state index contributed by atoms with van der Waals surface area (Å²) in [6, 6.07) is 3.38. The highest BCUT2D eigenvalue weighted by molar-refractivity contribution is 6.00. The zero-order chi connectivity index (χ0) is 34.1. The average molecular weight is 672 g/mol. The number of H-pyrrole nitrogens is 1. The average Bonchev–Trinajstić information content (AvgIpc) is 3.91. The number of benzene rings is 1. The summed E-state index contributed by atoms with van der Waals surface area (Å²) < 4.78 is 49.2. The highest BCUT2D eigenvalue weighted by atomic mass is 19.1. The fourth-order valence-corrected chi connectivity index (χ4v) is 6.49. The van der Waals surface area contributed by atoms with Crippen molar-refractivity contribution in [2.24, 2.45) is 5.41 Å². The van der Waals surface area contributed by atoms with Crippen molar-refractivity contribution in [3.8, 4) is 29.7 Å². The minimum atomic E-state index is -0.876. The molecule has 1 unspecified atom stereocenters. The second kappa shape index (κ2) is 13.5. The molecule has 3 aliphatic rings. The van der Waals surface area contributed by atoms with Crippen LogP contribution in [0.3, 0.4) is 0 Å². The van der Waals surface area contributed by atoms with Crippen LogP contribution in [0.5, 0.6) is 6.01 Å². The highest BCUT2D eigenvalue weighted by Crippen LogP contribution is 2.46. The molecular weight excluding hydrogens is 636 g/mol. The van der Waals surface area contributed by atoms with Crippen LogP contribution in [0.2, 0.25) is 0 Å². The highest BCUT2D eigenvalue weighted by Gasteiger charge is 2.45. The first kappa shape index (κ1) is 32.6. The minimum Gasteiger partial charge on any atom is -0.463 e. The number of fused-ring (bicyclic) bond motifs is 2. The molecule has 12 nitrogen and oxygen atoms in total. The number of hydrogen-bond acceptors (Lipinski definition) is 10. The first-order valence-corrected chi connectivity index (χ1v) is 16.1. The van der Waals surface area contributed by atoms with Gasteiger partial charge in [-0.15, -0.1) is 6.42 Å². The van der Waals surface area contributed by atoms with Crippen molar-refractivity contribution in [3.05, 3.63) is 64.6 Å². The van der Waals surface area contributed by atoms with Gasteiger partial charge in [-0.2, -0.15) is 9.97 Å². The van der Waals surface area contributed by atoms with Gasteiger partial charge in [-0.05, 0) is 30.4 Å². The van der Waals surface area contributed by atoms with E-state index in [2.05, 4.69) is 37.7 Å². The molecular formula is C35H35F2N7O5. The second-order valence-electron chi connectivity index (χ2n) is 12.7. The maximum Gasteiger partial charge on any atom is 0.319 e. The molecule has 254 valence electrons. The zero-order valence-corrected chi connectivity index (χ0v) is 26.8. The van der Waals surface area contributed by atoms with E-state index in [0.29, 0.717) is 44.2 Å². The molecule has 4 aromatic rings. The Morgan fingerprint density at radius 2 is 2.00 bits per heavy atom. The van der Waals surface area contributed by atoms with Gasteiger partial charge >= 0.3 is 6.01 Å². The number of nitrogens with one attached hydrogen (secondary N) is 2. The molecule has 14 heteroatoms. The maximum atomic E-state index is 16.8. The number of pyridine rings is 2. The van der Waals surface area contributed by atoms with Crippen LogP contribution in [0.1, 0.15) is 18.4 Å². The number of amides is 1. The van der Waals surface area contributed by atoms with Gasteiger partial charge < -0.3 is 29.4 Å².